The maximum absolute atomic E-state index is 12.3. The number of aliphatic hydroxyl groups excluding tert-OH is 2. The van der Waals surface area contributed by atoms with Crippen LogP contribution in [-0.2, 0) is 23.4 Å². The molecule has 15 nitrogen and oxygen atoms in total. The smallest absolute Gasteiger partial charge is 0.437 e. The predicted octanol–water partition coefficient (Wildman–Crippen LogP) is -1.47. The van der Waals surface area contributed by atoms with Crippen LogP contribution >= 0.6 is 7.75 Å². The summed E-state index contributed by atoms with van der Waals surface area (Å²) in [5, 5.41) is 31.3. The average molecular weight is 473 g/mol. The van der Waals surface area contributed by atoms with Gasteiger partial charge < -0.3 is 30.3 Å². The van der Waals surface area contributed by atoms with E-state index in [1.165, 1.54) is 18.5 Å². The number of carboxylic acids is 1. The molecule has 3 heterocycles. The molecule has 0 bridgehead atoms. The fourth-order valence-corrected chi connectivity index (χ4v) is 3.73. The first-order chi connectivity index (χ1) is 15.1. The first kappa shape index (κ1) is 23.7. The SMILES string of the molecule is O=C(O)CCC(=O)Nc1ccn([C@@H]2O[C@H](COP(=O)(O)n3ccnc3)[C@@H](O)[C@@H]2O)c(=O)n1. The number of carbonyl (C=O) groups excluding carboxylic acids is 1. The second-order valence-electron chi connectivity index (χ2n) is 6.72. The Kier molecular flexibility index (Phi) is 7.18. The summed E-state index contributed by atoms with van der Waals surface area (Å²) in [4.78, 5) is 51.6. The zero-order valence-corrected chi connectivity index (χ0v) is 17.2. The van der Waals surface area contributed by atoms with Crippen LogP contribution in [0.25, 0.3) is 0 Å². The van der Waals surface area contributed by atoms with Crippen LogP contribution < -0.4 is 11.0 Å². The van der Waals surface area contributed by atoms with Crippen molar-refractivity contribution >= 4 is 25.4 Å². The lowest BCUT2D eigenvalue weighted by Crippen LogP contribution is -2.36. The molecule has 2 aromatic rings. The predicted molar refractivity (Wildman–Crippen MR) is 103 cm³/mol. The van der Waals surface area contributed by atoms with Crippen molar-refractivity contribution in [2.45, 2.75) is 37.4 Å². The van der Waals surface area contributed by atoms with Crippen LogP contribution in [0.1, 0.15) is 19.1 Å². The number of nitrogens with zero attached hydrogens (tertiary/aromatic N) is 4. The number of aliphatic hydroxyl groups is 2. The third-order valence-electron chi connectivity index (χ3n) is 4.46. The molecule has 174 valence electrons. The molecule has 3 rings (SSSR count). The van der Waals surface area contributed by atoms with E-state index in [1.54, 1.807) is 0 Å². The first-order valence-corrected chi connectivity index (χ1v) is 10.7. The molecule has 1 aliphatic rings. The largest absolute Gasteiger partial charge is 0.481 e. The van der Waals surface area contributed by atoms with Crippen LogP contribution in [0.3, 0.4) is 0 Å². The first-order valence-electron chi connectivity index (χ1n) is 9.17. The molecule has 0 saturated carbocycles. The number of carboxylic acid groups (broad SMARTS) is 1. The zero-order chi connectivity index (χ0) is 23.5. The van der Waals surface area contributed by atoms with Gasteiger partial charge in [0.25, 0.3) is 0 Å². The number of amides is 1. The molecule has 5 atom stereocenters. The van der Waals surface area contributed by atoms with Crippen molar-refractivity contribution in [1.29, 1.82) is 0 Å². The van der Waals surface area contributed by atoms with Gasteiger partial charge in [-0.2, -0.15) is 4.98 Å². The molecule has 1 fully saturated rings. The van der Waals surface area contributed by atoms with E-state index in [9.17, 15) is 34.1 Å². The van der Waals surface area contributed by atoms with E-state index in [4.69, 9.17) is 14.4 Å². The molecular weight excluding hydrogens is 453 g/mol. The van der Waals surface area contributed by atoms with Gasteiger partial charge in [0, 0.05) is 25.0 Å². The van der Waals surface area contributed by atoms with Gasteiger partial charge in [0.05, 0.1) is 13.0 Å². The Hall–Kier alpha value is -2.94. The molecule has 0 spiro atoms. The Morgan fingerprint density at radius 1 is 1.25 bits per heavy atom. The summed E-state index contributed by atoms with van der Waals surface area (Å²) < 4.78 is 24.2. The van der Waals surface area contributed by atoms with Gasteiger partial charge in [0.2, 0.25) is 5.91 Å². The summed E-state index contributed by atoms with van der Waals surface area (Å²) in [7, 11) is -4.31. The minimum atomic E-state index is -4.31. The lowest BCUT2D eigenvalue weighted by atomic mass is 10.1. The molecule has 32 heavy (non-hydrogen) atoms. The molecule has 1 aliphatic heterocycles. The second kappa shape index (κ2) is 9.68. The molecule has 0 radical (unpaired) electrons. The lowest BCUT2D eigenvalue weighted by molar-refractivity contribution is -0.138. The number of nitrogens with one attached hydrogen (secondary N) is 1. The van der Waals surface area contributed by atoms with Gasteiger partial charge in [-0.15, -0.1) is 0 Å². The van der Waals surface area contributed by atoms with Crippen LogP contribution in [0.15, 0.2) is 35.8 Å². The highest BCUT2D eigenvalue weighted by Crippen LogP contribution is 2.44. The summed E-state index contributed by atoms with van der Waals surface area (Å²) in [6.45, 7) is -0.583. The number of hydrogen-bond acceptors (Lipinski definition) is 10. The van der Waals surface area contributed by atoms with E-state index >= 15 is 0 Å². The third kappa shape index (κ3) is 5.45. The van der Waals surface area contributed by atoms with Crippen molar-refractivity contribution in [3.05, 3.63) is 41.5 Å². The number of ether oxygens (including phenoxy) is 1. The quantitative estimate of drug-likeness (QED) is 0.264. The van der Waals surface area contributed by atoms with Gasteiger partial charge in [-0.25, -0.2) is 18.7 Å². The van der Waals surface area contributed by atoms with Crippen molar-refractivity contribution in [2.24, 2.45) is 0 Å². The molecule has 1 unspecified atom stereocenters. The molecule has 1 saturated heterocycles. The van der Waals surface area contributed by atoms with Gasteiger partial charge in [-0.1, -0.05) is 0 Å². The Bertz CT molecular complexity index is 1070. The molecule has 0 aromatic carbocycles. The summed E-state index contributed by atoms with van der Waals surface area (Å²) in [6.07, 6.45) is -1.80. The highest BCUT2D eigenvalue weighted by molar-refractivity contribution is 7.51. The van der Waals surface area contributed by atoms with Crippen molar-refractivity contribution in [1.82, 2.24) is 18.9 Å². The van der Waals surface area contributed by atoms with E-state index in [1.807, 2.05) is 0 Å². The van der Waals surface area contributed by atoms with Crippen molar-refractivity contribution in [3.8, 4) is 0 Å². The summed E-state index contributed by atoms with van der Waals surface area (Å²) >= 11 is 0. The minimum Gasteiger partial charge on any atom is -0.481 e. The number of carbonyl (C=O) groups is 2. The standard InChI is InChI=1S/C16H20N5O10P/c22-11(1-2-12(23)24)18-10-3-5-21(16(27)19-10)15-14(26)13(25)9(31-15)7-30-32(28,29)20-6-4-17-8-20/h3-6,8-9,13-15,25-26H,1-2,7H2,(H,23,24)(H,28,29)(H,18,19,22,27)/t9-,13-,14+,15-/m1/s1. The lowest BCUT2D eigenvalue weighted by Gasteiger charge is -2.18. The Labute approximate surface area is 179 Å². The van der Waals surface area contributed by atoms with Crippen molar-refractivity contribution in [2.75, 3.05) is 11.9 Å². The normalized spacial score (nSPS) is 24.7. The zero-order valence-electron chi connectivity index (χ0n) is 16.3. The maximum Gasteiger partial charge on any atom is 0.437 e. The highest BCUT2D eigenvalue weighted by atomic mass is 31.2. The van der Waals surface area contributed by atoms with Crippen molar-refractivity contribution in [3.63, 3.8) is 0 Å². The number of anilines is 1. The van der Waals surface area contributed by atoms with Gasteiger partial charge in [-0.05, 0) is 6.07 Å². The Morgan fingerprint density at radius 3 is 2.62 bits per heavy atom. The van der Waals surface area contributed by atoms with E-state index in [2.05, 4.69) is 15.3 Å². The maximum atomic E-state index is 12.3. The number of hydrogen-bond donors (Lipinski definition) is 5. The van der Waals surface area contributed by atoms with Gasteiger partial charge >= 0.3 is 19.4 Å². The molecule has 16 heteroatoms. The minimum absolute atomic E-state index is 0.142. The number of aliphatic carboxylic acids is 1. The summed E-state index contributed by atoms with van der Waals surface area (Å²) in [6, 6.07) is 1.22. The van der Waals surface area contributed by atoms with E-state index in [0.717, 1.165) is 21.4 Å². The summed E-state index contributed by atoms with van der Waals surface area (Å²) in [5.41, 5.74) is -0.940. The van der Waals surface area contributed by atoms with Crippen LogP contribution in [0.2, 0.25) is 0 Å². The molecular formula is C16H20N5O10P. The Balaban J connectivity index is 1.65. The Morgan fingerprint density at radius 2 is 2.00 bits per heavy atom. The average Bonchev–Trinajstić information content (AvgIpc) is 3.36. The number of aromatic nitrogens is 4. The van der Waals surface area contributed by atoms with Gasteiger partial charge in [0.1, 0.15) is 30.5 Å². The third-order valence-corrected chi connectivity index (χ3v) is 5.77. The van der Waals surface area contributed by atoms with Gasteiger partial charge in [0.15, 0.2) is 6.23 Å². The highest BCUT2D eigenvalue weighted by Gasteiger charge is 2.45. The van der Waals surface area contributed by atoms with Crippen LogP contribution in [0.4, 0.5) is 5.82 Å². The second-order valence-corrected chi connectivity index (χ2v) is 8.42. The topological polar surface area (TPSA) is 215 Å². The van der Waals surface area contributed by atoms with Crippen molar-refractivity contribution < 1.29 is 43.6 Å². The molecule has 1 amide bonds. The summed E-state index contributed by atoms with van der Waals surface area (Å²) in [5.74, 6) is -1.96. The number of imidazole rings is 1. The van der Waals surface area contributed by atoms with Crippen LogP contribution in [0.5, 0.6) is 0 Å². The molecule has 5 N–H and O–H groups in total. The monoisotopic (exact) mass is 473 g/mol. The fourth-order valence-electron chi connectivity index (χ4n) is 2.84. The molecule has 2 aromatic heterocycles. The molecule has 0 aliphatic carbocycles. The fraction of sp³-hybridized carbons (Fsp3) is 0.438. The van der Waals surface area contributed by atoms with E-state index < -0.39 is 62.9 Å². The van der Waals surface area contributed by atoms with E-state index in [0.29, 0.717) is 0 Å². The van der Waals surface area contributed by atoms with Gasteiger partial charge in [-0.3, -0.25) is 18.7 Å². The van der Waals surface area contributed by atoms with E-state index in [-0.39, 0.29) is 12.2 Å². The van der Waals surface area contributed by atoms with Crippen LogP contribution in [0, 0.1) is 0 Å². The van der Waals surface area contributed by atoms with Crippen LogP contribution in [-0.4, -0.2) is 75.9 Å². The number of rotatable bonds is 9.